The Balaban J connectivity index is 1.96. The van der Waals surface area contributed by atoms with E-state index in [4.69, 9.17) is 17.3 Å². The molecular formula is C16H20ClN3. The predicted molar refractivity (Wildman–Crippen MR) is 82.6 cm³/mol. The molecule has 1 aromatic heterocycles. The van der Waals surface area contributed by atoms with Crippen molar-refractivity contribution in [2.24, 2.45) is 17.6 Å². The van der Waals surface area contributed by atoms with E-state index >= 15 is 0 Å². The molecular weight excluding hydrogens is 270 g/mol. The number of halogens is 1. The van der Waals surface area contributed by atoms with Crippen LogP contribution in [0.1, 0.15) is 44.3 Å². The quantitative estimate of drug-likeness (QED) is 0.847. The van der Waals surface area contributed by atoms with Crippen molar-refractivity contribution in [3.63, 3.8) is 0 Å². The van der Waals surface area contributed by atoms with Gasteiger partial charge in [-0.1, -0.05) is 38.0 Å². The minimum absolute atomic E-state index is 0.0482. The first-order valence-corrected chi connectivity index (χ1v) is 7.70. The summed E-state index contributed by atoms with van der Waals surface area (Å²) >= 11 is 6.05. The lowest BCUT2D eigenvalue weighted by atomic mass is 9.78. The summed E-state index contributed by atoms with van der Waals surface area (Å²) in [6.45, 7) is 2.32. The zero-order valence-corrected chi connectivity index (χ0v) is 12.5. The molecule has 1 aliphatic carbocycles. The molecule has 1 atom stereocenters. The van der Waals surface area contributed by atoms with Gasteiger partial charge < -0.3 is 5.73 Å². The normalized spacial score (nSPS) is 24.8. The minimum atomic E-state index is -0.0482. The average Bonchev–Trinajstić information content (AvgIpc) is 2.46. The first kappa shape index (κ1) is 13.8. The maximum absolute atomic E-state index is 6.50. The highest BCUT2D eigenvalue weighted by Crippen LogP contribution is 2.36. The van der Waals surface area contributed by atoms with Crippen LogP contribution in [0.15, 0.2) is 24.3 Å². The van der Waals surface area contributed by atoms with Gasteiger partial charge in [0.2, 0.25) is 5.28 Å². The van der Waals surface area contributed by atoms with Gasteiger partial charge in [0.1, 0.15) is 0 Å². The fraction of sp³-hybridized carbons (Fsp3) is 0.500. The van der Waals surface area contributed by atoms with Gasteiger partial charge in [0.05, 0.1) is 17.3 Å². The molecule has 1 saturated carbocycles. The molecule has 2 N–H and O–H groups in total. The molecule has 3 nitrogen and oxygen atoms in total. The van der Waals surface area contributed by atoms with Gasteiger partial charge in [0.15, 0.2) is 0 Å². The summed E-state index contributed by atoms with van der Waals surface area (Å²) in [6, 6.07) is 7.91. The standard InChI is InChI=1S/C16H20ClN3/c1-10-6-8-11(9-7-10)14(18)15-12-4-2-3-5-13(12)19-16(17)20-15/h2-5,10-11,14H,6-9,18H2,1H3/t10-,11+,14?. The van der Waals surface area contributed by atoms with Gasteiger partial charge in [-0.15, -0.1) is 0 Å². The lowest BCUT2D eigenvalue weighted by Crippen LogP contribution is -2.26. The molecule has 2 aromatic rings. The van der Waals surface area contributed by atoms with Crippen LogP contribution >= 0.6 is 11.6 Å². The van der Waals surface area contributed by atoms with Crippen LogP contribution in [0, 0.1) is 11.8 Å². The van der Waals surface area contributed by atoms with Crippen molar-refractivity contribution in [2.75, 3.05) is 0 Å². The maximum Gasteiger partial charge on any atom is 0.223 e. The minimum Gasteiger partial charge on any atom is -0.322 e. The molecule has 0 bridgehead atoms. The van der Waals surface area contributed by atoms with Gasteiger partial charge in [0, 0.05) is 5.39 Å². The summed E-state index contributed by atoms with van der Waals surface area (Å²) in [4.78, 5) is 8.70. The number of hydrogen-bond acceptors (Lipinski definition) is 3. The third-order valence-electron chi connectivity index (χ3n) is 4.49. The fourth-order valence-corrected chi connectivity index (χ4v) is 3.38. The van der Waals surface area contributed by atoms with Crippen molar-refractivity contribution in [1.29, 1.82) is 0 Å². The summed E-state index contributed by atoms with van der Waals surface area (Å²) in [5.41, 5.74) is 8.28. The molecule has 0 aliphatic heterocycles. The van der Waals surface area contributed by atoms with Crippen molar-refractivity contribution in [3.05, 3.63) is 35.2 Å². The van der Waals surface area contributed by atoms with Crippen molar-refractivity contribution in [2.45, 2.75) is 38.6 Å². The Labute approximate surface area is 124 Å². The zero-order chi connectivity index (χ0) is 14.1. The number of fused-ring (bicyclic) bond motifs is 1. The molecule has 1 fully saturated rings. The average molecular weight is 290 g/mol. The van der Waals surface area contributed by atoms with Gasteiger partial charge in [-0.05, 0) is 42.3 Å². The van der Waals surface area contributed by atoms with E-state index in [1.165, 1.54) is 25.7 Å². The van der Waals surface area contributed by atoms with E-state index in [1.54, 1.807) is 0 Å². The maximum atomic E-state index is 6.50. The van der Waals surface area contributed by atoms with E-state index in [2.05, 4.69) is 16.9 Å². The SMILES string of the molecule is C[C@H]1CC[C@@H](C(N)c2nc(Cl)nc3ccccc23)CC1. The molecule has 3 rings (SSSR count). The van der Waals surface area contributed by atoms with Crippen LogP contribution in [-0.2, 0) is 0 Å². The van der Waals surface area contributed by atoms with E-state index in [0.29, 0.717) is 11.2 Å². The summed E-state index contributed by atoms with van der Waals surface area (Å²) < 4.78 is 0. The Morgan fingerprint density at radius 3 is 2.60 bits per heavy atom. The number of rotatable bonds is 2. The van der Waals surface area contributed by atoms with E-state index in [-0.39, 0.29) is 6.04 Å². The third-order valence-corrected chi connectivity index (χ3v) is 4.66. The van der Waals surface area contributed by atoms with Crippen LogP contribution in [0.25, 0.3) is 10.9 Å². The number of hydrogen-bond donors (Lipinski definition) is 1. The number of nitrogens with two attached hydrogens (primary N) is 1. The predicted octanol–water partition coefficient (Wildman–Crippen LogP) is 4.11. The number of nitrogens with zero attached hydrogens (tertiary/aromatic N) is 2. The summed E-state index contributed by atoms with van der Waals surface area (Å²) in [5, 5.41) is 1.32. The van der Waals surface area contributed by atoms with Crippen LogP contribution in [0.5, 0.6) is 0 Å². The second kappa shape index (κ2) is 5.66. The monoisotopic (exact) mass is 289 g/mol. The van der Waals surface area contributed by atoms with Crippen molar-refractivity contribution in [1.82, 2.24) is 9.97 Å². The van der Waals surface area contributed by atoms with Crippen molar-refractivity contribution >= 4 is 22.5 Å². The highest BCUT2D eigenvalue weighted by Gasteiger charge is 2.27. The lowest BCUT2D eigenvalue weighted by Gasteiger charge is -2.30. The van der Waals surface area contributed by atoms with Gasteiger partial charge >= 0.3 is 0 Å². The Morgan fingerprint density at radius 1 is 1.15 bits per heavy atom. The van der Waals surface area contributed by atoms with Crippen LogP contribution in [0.2, 0.25) is 5.28 Å². The molecule has 1 unspecified atom stereocenters. The molecule has 106 valence electrons. The topological polar surface area (TPSA) is 51.8 Å². The molecule has 0 saturated heterocycles. The Bertz CT molecular complexity index is 606. The van der Waals surface area contributed by atoms with Crippen molar-refractivity contribution < 1.29 is 0 Å². The largest absolute Gasteiger partial charge is 0.322 e. The Kier molecular flexibility index (Phi) is 3.90. The first-order valence-electron chi connectivity index (χ1n) is 7.33. The number of para-hydroxylation sites is 1. The molecule has 1 aromatic carbocycles. The summed E-state index contributed by atoms with van der Waals surface area (Å²) in [5.74, 6) is 1.32. The van der Waals surface area contributed by atoms with Crippen LogP contribution in [-0.4, -0.2) is 9.97 Å². The molecule has 0 spiro atoms. The first-order chi connectivity index (χ1) is 9.65. The highest BCUT2D eigenvalue weighted by molar-refractivity contribution is 6.28. The van der Waals surface area contributed by atoms with E-state index < -0.39 is 0 Å². The molecule has 1 heterocycles. The van der Waals surface area contributed by atoms with E-state index in [9.17, 15) is 0 Å². The lowest BCUT2D eigenvalue weighted by molar-refractivity contribution is 0.254. The second-order valence-electron chi connectivity index (χ2n) is 5.94. The number of aromatic nitrogens is 2. The Morgan fingerprint density at radius 2 is 1.85 bits per heavy atom. The van der Waals surface area contributed by atoms with E-state index in [1.807, 2.05) is 24.3 Å². The molecule has 0 radical (unpaired) electrons. The van der Waals surface area contributed by atoms with Gasteiger partial charge in [-0.25, -0.2) is 9.97 Å². The van der Waals surface area contributed by atoms with Gasteiger partial charge in [-0.2, -0.15) is 0 Å². The molecule has 4 heteroatoms. The number of benzene rings is 1. The summed E-state index contributed by atoms with van der Waals surface area (Å²) in [7, 11) is 0. The van der Waals surface area contributed by atoms with Gasteiger partial charge in [0.25, 0.3) is 0 Å². The highest BCUT2D eigenvalue weighted by atomic mass is 35.5. The smallest absolute Gasteiger partial charge is 0.223 e. The van der Waals surface area contributed by atoms with Gasteiger partial charge in [-0.3, -0.25) is 0 Å². The molecule has 20 heavy (non-hydrogen) atoms. The summed E-state index contributed by atoms with van der Waals surface area (Å²) in [6.07, 6.45) is 4.88. The van der Waals surface area contributed by atoms with Crippen LogP contribution in [0.3, 0.4) is 0 Å². The van der Waals surface area contributed by atoms with Crippen LogP contribution in [0.4, 0.5) is 0 Å². The zero-order valence-electron chi connectivity index (χ0n) is 11.7. The fourth-order valence-electron chi connectivity index (χ4n) is 3.19. The van der Waals surface area contributed by atoms with E-state index in [0.717, 1.165) is 22.5 Å². The molecule has 1 aliphatic rings. The third kappa shape index (κ3) is 2.65. The molecule has 0 amide bonds. The van der Waals surface area contributed by atoms with Crippen LogP contribution < -0.4 is 5.73 Å². The second-order valence-corrected chi connectivity index (χ2v) is 6.28. The van der Waals surface area contributed by atoms with Crippen molar-refractivity contribution in [3.8, 4) is 0 Å². The Hall–Kier alpha value is -1.19.